The summed E-state index contributed by atoms with van der Waals surface area (Å²) in [4.78, 5) is 60.0. The van der Waals surface area contributed by atoms with Gasteiger partial charge in [0.15, 0.2) is 0 Å². The number of para-hydroxylation sites is 2. The Kier molecular flexibility index (Phi) is 7.09. The molecule has 12 heteroatoms. The van der Waals surface area contributed by atoms with Crippen molar-refractivity contribution in [3.05, 3.63) is 87.4 Å². The van der Waals surface area contributed by atoms with Crippen molar-refractivity contribution in [1.82, 2.24) is 25.1 Å². The number of hydrogen-bond donors (Lipinski definition) is 2. The number of carbonyl (C=O) groups excluding carboxylic acids is 2. The largest absolute Gasteiger partial charge is 0.478 e. The molecule has 3 aromatic rings. The summed E-state index contributed by atoms with van der Waals surface area (Å²) < 4.78 is 0. The Hall–Kier alpha value is -4.87. The number of urea groups is 1. The molecule has 0 saturated heterocycles. The van der Waals surface area contributed by atoms with Gasteiger partial charge >= 0.3 is 12.0 Å². The van der Waals surface area contributed by atoms with E-state index >= 15 is 0 Å². The summed E-state index contributed by atoms with van der Waals surface area (Å²) in [5, 5.41) is 23.7. The van der Waals surface area contributed by atoms with Gasteiger partial charge in [0.2, 0.25) is 0 Å². The van der Waals surface area contributed by atoms with Gasteiger partial charge < -0.3 is 20.2 Å². The number of nitro groups is 1. The maximum absolute atomic E-state index is 12.9. The number of nitrogens with one attached hydrogen (secondary N) is 1. The van der Waals surface area contributed by atoms with E-state index in [-0.39, 0.29) is 41.6 Å². The normalized spacial score (nSPS) is 15.5. The first-order chi connectivity index (χ1) is 17.7. The molecule has 3 amide bonds. The van der Waals surface area contributed by atoms with Gasteiger partial charge in [-0.3, -0.25) is 19.9 Å². The Labute approximate surface area is 211 Å². The highest BCUT2D eigenvalue weighted by Crippen LogP contribution is 2.35. The molecule has 2 heterocycles. The van der Waals surface area contributed by atoms with Crippen molar-refractivity contribution in [2.75, 3.05) is 20.1 Å². The Morgan fingerprint density at radius 3 is 2.62 bits per heavy atom. The molecule has 2 N–H and O–H groups in total. The maximum Gasteiger partial charge on any atom is 0.335 e. The molecule has 1 unspecified atom stereocenters. The lowest BCUT2D eigenvalue weighted by molar-refractivity contribution is -0.384. The minimum Gasteiger partial charge on any atom is -0.478 e. The summed E-state index contributed by atoms with van der Waals surface area (Å²) in [6.45, 7) is 1.80. The average Bonchev–Trinajstić information content (AvgIpc) is 2.88. The number of amides is 3. The van der Waals surface area contributed by atoms with Crippen LogP contribution in [0.15, 0.2) is 66.0 Å². The number of nitrogens with zero attached hydrogens (tertiary/aromatic N) is 5. The molecule has 0 saturated carbocycles. The lowest BCUT2D eigenvalue weighted by Crippen LogP contribution is -2.49. The third-order valence-electron chi connectivity index (χ3n) is 6.08. The van der Waals surface area contributed by atoms with Gasteiger partial charge in [-0.05, 0) is 31.0 Å². The van der Waals surface area contributed by atoms with Gasteiger partial charge in [0.05, 0.1) is 33.8 Å². The van der Waals surface area contributed by atoms with E-state index < -0.39 is 23.0 Å². The number of carboxylic acids is 1. The molecule has 1 atom stereocenters. The molecule has 190 valence electrons. The summed E-state index contributed by atoms with van der Waals surface area (Å²) >= 11 is 0. The summed E-state index contributed by atoms with van der Waals surface area (Å²) in [6, 6.07) is 11.2. The lowest BCUT2D eigenvalue weighted by Gasteiger charge is -2.37. The number of allylic oxidation sites excluding steroid dienone is 1. The van der Waals surface area contributed by atoms with E-state index in [2.05, 4.69) is 15.3 Å². The van der Waals surface area contributed by atoms with Crippen LogP contribution in [0.2, 0.25) is 0 Å². The minimum atomic E-state index is -1.25. The number of non-ortho nitro benzene ring substituents is 1. The van der Waals surface area contributed by atoms with Crippen LogP contribution >= 0.6 is 0 Å². The number of benzene rings is 2. The first-order valence-electron chi connectivity index (χ1n) is 11.4. The second-order valence-corrected chi connectivity index (χ2v) is 8.55. The lowest BCUT2D eigenvalue weighted by atomic mass is 9.93. The van der Waals surface area contributed by atoms with Gasteiger partial charge in [-0.2, -0.15) is 0 Å². The summed E-state index contributed by atoms with van der Waals surface area (Å²) in [5.41, 5.74) is 1.60. The third kappa shape index (κ3) is 5.22. The number of rotatable bonds is 8. The van der Waals surface area contributed by atoms with E-state index in [0.29, 0.717) is 23.0 Å². The van der Waals surface area contributed by atoms with E-state index in [1.165, 1.54) is 41.1 Å². The van der Waals surface area contributed by atoms with Crippen LogP contribution in [0.5, 0.6) is 0 Å². The fourth-order valence-electron chi connectivity index (χ4n) is 4.28. The van der Waals surface area contributed by atoms with Gasteiger partial charge in [0.25, 0.3) is 11.6 Å². The van der Waals surface area contributed by atoms with Crippen LogP contribution in [-0.2, 0) is 4.79 Å². The topological polar surface area (TPSA) is 159 Å². The molecular formula is C25H24N6O6. The minimum absolute atomic E-state index is 0.0871. The van der Waals surface area contributed by atoms with E-state index in [0.717, 1.165) is 0 Å². The van der Waals surface area contributed by atoms with Crippen LogP contribution in [0.1, 0.15) is 35.4 Å². The van der Waals surface area contributed by atoms with Crippen molar-refractivity contribution in [2.24, 2.45) is 0 Å². The van der Waals surface area contributed by atoms with Crippen molar-refractivity contribution < 1.29 is 24.4 Å². The van der Waals surface area contributed by atoms with Gasteiger partial charge in [-0.25, -0.2) is 14.6 Å². The molecule has 0 aliphatic carbocycles. The standard InChI is InChI=1S/C25H24N6O6/c1-15-21(24(33)34)22(16-7-5-8-17(13-16)31(36)37)30(25(35)27-15)12-6-11-29(2)23(32)20-14-26-18-9-3-4-10-19(18)28-20/h3-5,7-10,13-14,22H,6,11-12H2,1-2H3,(H,27,35)(H,33,34). The molecule has 4 rings (SSSR count). The first kappa shape index (κ1) is 25.2. The summed E-state index contributed by atoms with van der Waals surface area (Å²) in [7, 11) is 1.60. The summed E-state index contributed by atoms with van der Waals surface area (Å²) in [6.07, 6.45) is 1.72. The van der Waals surface area contributed by atoms with Crippen LogP contribution in [0, 0.1) is 10.1 Å². The number of carbonyl (C=O) groups is 3. The highest BCUT2D eigenvalue weighted by atomic mass is 16.6. The van der Waals surface area contributed by atoms with Gasteiger partial charge in [0.1, 0.15) is 5.69 Å². The van der Waals surface area contributed by atoms with Crippen LogP contribution in [0.3, 0.4) is 0 Å². The van der Waals surface area contributed by atoms with Gasteiger partial charge in [-0.15, -0.1) is 0 Å². The predicted molar refractivity (Wildman–Crippen MR) is 133 cm³/mol. The van der Waals surface area contributed by atoms with Crippen LogP contribution < -0.4 is 5.32 Å². The molecule has 0 radical (unpaired) electrons. The number of aliphatic carboxylic acids is 1. The maximum atomic E-state index is 12.9. The van der Waals surface area contributed by atoms with Crippen molar-refractivity contribution in [3.63, 3.8) is 0 Å². The van der Waals surface area contributed by atoms with Crippen molar-refractivity contribution in [1.29, 1.82) is 0 Å². The molecule has 2 aromatic carbocycles. The highest BCUT2D eigenvalue weighted by Gasteiger charge is 2.38. The molecule has 12 nitrogen and oxygen atoms in total. The SMILES string of the molecule is CC1=C(C(=O)O)C(c2cccc([N+](=O)[O-])c2)N(CCCN(C)C(=O)c2cnc3ccccc3n2)C(=O)N1. The molecule has 37 heavy (non-hydrogen) atoms. The Bertz CT molecular complexity index is 1440. The second-order valence-electron chi connectivity index (χ2n) is 8.55. The Balaban J connectivity index is 1.53. The average molecular weight is 505 g/mol. The van der Waals surface area contributed by atoms with Crippen molar-refractivity contribution in [2.45, 2.75) is 19.4 Å². The van der Waals surface area contributed by atoms with E-state index in [4.69, 9.17) is 0 Å². The summed E-state index contributed by atoms with van der Waals surface area (Å²) in [5.74, 6) is -1.60. The van der Waals surface area contributed by atoms with E-state index in [9.17, 15) is 29.6 Å². The third-order valence-corrected chi connectivity index (χ3v) is 6.08. The first-order valence-corrected chi connectivity index (χ1v) is 11.4. The van der Waals surface area contributed by atoms with Crippen LogP contribution in [-0.4, -0.2) is 67.8 Å². The van der Waals surface area contributed by atoms with Crippen molar-refractivity contribution in [3.8, 4) is 0 Å². The fourth-order valence-corrected chi connectivity index (χ4v) is 4.28. The number of aromatic nitrogens is 2. The van der Waals surface area contributed by atoms with Crippen LogP contribution in [0.4, 0.5) is 10.5 Å². The quantitative estimate of drug-likeness (QED) is 0.350. The zero-order valence-electron chi connectivity index (χ0n) is 20.1. The fraction of sp³-hybridized carbons (Fsp3) is 0.240. The second kappa shape index (κ2) is 10.4. The molecule has 0 spiro atoms. The van der Waals surface area contributed by atoms with E-state index in [1.807, 2.05) is 6.07 Å². The predicted octanol–water partition coefficient (Wildman–Crippen LogP) is 3.13. The number of carboxylic acid groups (broad SMARTS) is 1. The molecule has 1 aliphatic heterocycles. The Morgan fingerprint density at radius 1 is 1.19 bits per heavy atom. The molecule has 0 fully saturated rings. The molecule has 1 aliphatic rings. The molecule has 1 aromatic heterocycles. The van der Waals surface area contributed by atoms with E-state index in [1.54, 1.807) is 31.3 Å². The number of hydrogen-bond acceptors (Lipinski definition) is 7. The smallest absolute Gasteiger partial charge is 0.335 e. The molecular weight excluding hydrogens is 480 g/mol. The van der Waals surface area contributed by atoms with Crippen molar-refractivity contribution >= 4 is 34.6 Å². The zero-order valence-corrected chi connectivity index (χ0v) is 20.1. The number of fused-ring (bicyclic) bond motifs is 1. The number of nitro benzene ring substituents is 1. The van der Waals surface area contributed by atoms with Gasteiger partial charge in [-0.1, -0.05) is 24.3 Å². The van der Waals surface area contributed by atoms with Gasteiger partial charge in [0, 0.05) is 38.0 Å². The molecule has 0 bridgehead atoms. The Morgan fingerprint density at radius 2 is 1.92 bits per heavy atom. The zero-order chi connectivity index (χ0) is 26.7. The monoisotopic (exact) mass is 504 g/mol. The highest BCUT2D eigenvalue weighted by molar-refractivity contribution is 5.94. The van der Waals surface area contributed by atoms with Crippen LogP contribution in [0.25, 0.3) is 11.0 Å².